The maximum absolute atomic E-state index is 13.8. The van der Waals surface area contributed by atoms with Crippen LogP contribution in [0.15, 0.2) is 112 Å². The van der Waals surface area contributed by atoms with Crippen LogP contribution in [0.3, 0.4) is 0 Å². The highest BCUT2D eigenvalue weighted by molar-refractivity contribution is 7.99. The van der Waals surface area contributed by atoms with Gasteiger partial charge in [0, 0.05) is 59.9 Å². The van der Waals surface area contributed by atoms with E-state index in [1.165, 1.54) is 27.6 Å². The molecule has 3 aromatic heterocycles. The average Bonchev–Trinajstić information content (AvgIpc) is 4.17. The number of nitrogens with zero attached hydrogens (tertiary/aromatic N) is 9. The number of nitrogen functional groups attached to an aromatic ring is 1. The number of thiazole rings is 2. The molecule has 22 heteroatoms. The Balaban J connectivity index is 0.753. The van der Waals surface area contributed by atoms with Gasteiger partial charge in [0.1, 0.15) is 16.3 Å². The van der Waals surface area contributed by atoms with Gasteiger partial charge in [-0.3, -0.25) is 24.8 Å². The number of anilines is 5. The van der Waals surface area contributed by atoms with Gasteiger partial charge in [0.25, 0.3) is 5.91 Å². The first-order valence-electron chi connectivity index (χ1n) is 23.1. The summed E-state index contributed by atoms with van der Waals surface area (Å²) in [6.07, 6.45) is 3.86. The van der Waals surface area contributed by atoms with Gasteiger partial charge in [0.05, 0.1) is 25.0 Å². The first-order valence-corrected chi connectivity index (χ1v) is 25.8. The van der Waals surface area contributed by atoms with E-state index in [1.807, 2.05) is 90.3 Å². The zero-order valence-electron chi connectivity index (χ0n) is 39.0. The molecule has 0 radical (unpaired) electrons. The van der Waals surface area contributed by atoms with Crippen molar-refractivity contribution < 1.29 is 14.4 Å². The van der Waals surface area contributed by atoms with Crippen LogP contribution < -0.4 is 48.7 Å². The highest BCUT2D eigenvalue weighted by atomic mass is 32.2. The Morgan fingerprint density at radius 3 is 2.44 bits per heavy atom. The summed E-state index contributed by atoms with van der Waals surface area (Å²) in [4.78, 5) is 60.7. The van der Waals surface area contributed by atoms with Crippen molar-refractivity contribution in [2.75, 3.05) is 78.1 Å². The fraction of sp³-hybridized carbons (Fsp3) is 0.286. The van der Waals surface area contributed by atoms with Gasteiger partial charge in [-0.05, 0) is 50.0 Å². The van der Waals surface area contributed by atoms with E-state index in [-0.39, 0.29) is 30.0 Å². The molecule has 5 heterocycles. The minimum absolute atomic E-state index is 0.0119. The van der Waals surface area contributed by atoms with Gasteiger partial charge in [-0.15, -0.1) is 11.3 Å². The molecule has 0 aliphatic carbocycles. The number of amides is 3. The summed E-state index contributed by atoms with van der Waals surface area (Å²) >= 11 is 3.97. The topological polar surface area (TPSA) is 263 Å². The molecule has 0 spiro atoms. The van der Waals surface area contributed by atoms with Crippen LogP contribution in [0.2, 0.25) is 0 Å². The minimum atomic E-state index is -0.444. The van der Waals surface area contributed by atoms with Crippen molar-refractivity contribution in [2.45, 2.75) is 37.9 Å². The van der Waals surface area contributed by atoms with Crippen molar-refractivity contribution in [3.05, 3.63) is 118 Å². The highest BCUT2D eigenvalue weighted by Crippen LogP contribution is 2.32. The number of carbonyl (C=O) groups excluding carboxylic acids is 3. The quantitative estimate of drug-likeness (QED) is 0.0170. The molecule has 0 saturated carbocycles. The number of benzene rings is 3. The van der Waals surface area contributed by atoms with Gasteiger partial charge >= 0.3 is 5.91 Å². The number of likely N-dealkylation sites (tertiary alicyclic amines) is 1. The van der Waals surface area contributed by atoms with Crippen LogP contribution in [0.1, 0.15) is 52.5 Å². The second-order valence-corrected chi connectivity index (χ2v) is 19.2. The Morgan fingerprint density at radius 1 is 0.958 bits per heavy atom. The summed E-state index contributed by atoms with van der Waals surface area (Å²) in [6.45, 7) is 6.17. The molecule has 2 aliphatic rings. The van der Waals surface area contributed by atoms with Crippen molar-refractivity contribution in [2.24, 2.45) is 27.7 Å². The maximum Gasteiger partial charge on any atom is 0.303 e. The smallest absolute Gasteiger partial charge is 0.303 e. The van der Waals surface area contributed by atoms with Crippen molar-refractivity contribution in [1.29, 1.82) is 0 Å². The van der Waals surface area contributed by atoms with Crippen LogP contribution in [0, 0.1) is 17.8 Å². The number of nitrogens with one attached hydrogen (secondary N) is 4. The van der Waals surface area contributed by atoms with Crippen molar-refractivity contribution in [1.82, 2.24) is 35.5 Å². The lowest BCUT2D eigenvalue weighted by Gasteiger charge is -2.31. The van der Waals surface area contributed by atoms with Gasteiger partial charge in [-0.1, -0.05) is 115 Å². The SMILES string of the molecule is CCCSc1nc(NCCN)c(N)c(N(N)Cc2ccc(C#CCNC(=O)C3CCN(CCNC(=O)c4cnc(N/N=C5/C(=O)N(c6nc(-c7ccccc7)cs6)N=C5c5ccccc5)s4)CC3)cc2)n1. The van der Waals surface area contributed by atoms with E-state index in [1.54, 1.807) is 11.8 Å². The number of aromatic nitrogens is 4. The molecule has 0 atom stereocenters. The van der Waals surface area contributed by atoms with Crippen molar-refractivity contribution >= 4 is 91.2 Å². The van der Waals surface area contributed by atoms with Crippen molar-refractivity contribution in [3.63, 3.8) is 0 Å². The fourth-order valence-electron chi connectivity index (χ4n) is 7.51. The summed E-state index contributed by atoms with van der Waals surface area (Å²) in [5, 5.41) is 24.2. The molecule has 1 fully saturated rings. The number of hydrazone groups is 2. The molecule has 2 aliphatic heterocycles. The molecule has 366 valence electrons. The monoisotopic (exact) mass is 1010 g/mol. The van der Waals surface area contributed by atoms with Gasteiger partial charge in [0.15, 0.2) is 22.5 Å². The molecule has 8 rings (SSSR count). The van der Waals surface area contributed by atoms with E-state index >= 15 is 0 Å². The number of hydrazine groups is 1. The first kappa shape index (κ1) is 50.1. The summed E-state index contributed by atoms with van der Waals surface area (Å²) in [7, 11) is 0. The fourth-order valence-corrected chi connectivity index (χ4v) is 9.66. The maximum atomic E-state index is 13.8. The lowest BCUT2D eigenvalue weighted by atomic mass is 9.96. The molecule has 71 heavy (non-hydrogen) atoms. The Morgan fingerprint density at radius 2 is 1.70 bits per heavy atom. The van der Waals surface area contributed by atoms with Crippen LogP contribution in [0.25, 0.3) is 11.3 Å². The number of carbonyl (C=O) groups is 3. The molecular weight excluding hydrogens is 957 g/mol. The molecule has 10 N–H and O–H groups in total. The predicted molar refractivity (Wildman–Crippen MR) is 284 cm³/mol. The normalized spacial score (nSPS) is 14.5. The van der Waals surface area contributed by atoms with Crippen LogP contribution in [-0.2, 0) is 16.1 Å². The molecule has 3 aromatic carbocycles. The van der Waals surface area contributed by atoms with Crippen LogP contribution >= 0.6 is 34.4 Å². The summed E-state index contributed by atoms with van der Waals surface area (Å²) < 4.78 is 0. The third-order valence-corrected chi connectivity index (χ3v) is 14.0. The van der Waals surface area contributed by atoms with E-state index in [4.69, 9.17) is 17.3 Å². The van der Waals surface area contributed by atoms with Gasteiger partial charge < -0.3 is 32.3 Å². The molecular formula is C49H54N16O3S3. The van der Waals surface area contributed by atoms with Crippen molar-refractivity contribution in [3.8, 4) is 23.1 Å². The van der Waals surface area contributed by atoms with E-state index < -0.39 is 5.91 Å². The Bertz CT molecular complexity index is 2910. The number of thioether (sulfide) groups is 1. The highest BCUT2D eigenvalue weighted by Gasteiger charge is 2.36. The number of hydrogen-bond acceptors (Lipinski definition) is 19. The summed E-state index contributed by atoms with van der Waals surface area (Å²) in [6, 6.07) is 26.8. The number of hydrogen-bond donors (Lipinski definition) is 7. The molecule has 1 saturated heterocycles. The molecule has 0 unspecified atom stereocenters. The largest absolute Gasteiger partial charge is 0.393 e. The molecule has 0 bridgehead atoms. The number of piperidine rings is 1. The predicted octanol–water partition coefficient (Wildman–Crippen LogP) is 5.22. The Kier molecular flexibility index (Phi) is 17.3. The van der Waals surface area contributed by atoms with E-state index in [9.17, 15) is 14.4 Å². The van der Waals surface area contributed by atoms with Crippen LogP contribution in [0.4, 0.5) is 27.6 Å². The second kappa shape index (κ2) is 24.5. The lowest BCUT2D eigenvalue weighted by Crippen LogP contribution is -2.43. The van der Waals surface area contributed by atoms with E-state index in [0.717, 1.165) is 59.0 Å². The zero-order valence-corrected chi connectivity index (χ0v) is 41.5. The molecule has 3 amide bonds. The Hall–Kier alpha value is -7.26. The van der Waals surface area contributed by atoms with Gasteiger partial charge in [-0.2, -0.15) is 15.2 Å². The average molecular weight is 1010 g/mol. The van der Waals surface area contributed by atoms with Gasteiger partial charge in [-0.25, -0.2) is 25.8 Å². The minimum Gasteiger partial charge on any atom is -0.393 e. The summed E-state index contributed by atoms with van der Waals surface area (Å²) in [5.41, 5.74) is 19.9. The third kappa shape index (κ3) is 13.1. The standard InChI is InChI=1S/C49H54N16O3S3/c1-2-28-69-48-58-42(53-23-21-50)39(51)43(59-48)64(52)30-33-17-15-32(16-18-33)10-9-22-54-44(66)36-19-25-63(26-20-36)27-24-55-45(67)38-29-56-47(71-38)61-60-41-40(35-13-7-4-8-14-35)62-65(46(41)68)49-57-37(31-70-49)34-11-5-3-6-12-34/h3-8,11-18,29,31,36H,2,19-28,30,50-52H2,1H3,(H,54,66)(H,55,67)(H,56,61)(H,53,58,59)/b60-41+. The lowest BCUT2D eigenvalue weighted by molar-refractivity contribution is -0.126. The third-order valence-electron chi connectivity index (χ3n) is 11.2. The van der Waals surface area contributed by atoms with E-state index in [2.05, 4.69) is 75.2 Å². The zero-order chi connectivity index (χ0) is 49.5. The number of nitrogens with two attached hydrogens (primary N) is 3. The number of rotatable bonds is 20. The summed E-state index contributed by atoms with van der Waals surface area (Å²) in [5.74, 6) is 13.6. The van der Waals surface area contributed by atoms with Crippen LogP contribution in [0.5, 0.6) is 0 Å². The van der Waals surface area contributed by atoms with E-state index in [0.29, 0.717) is 94.5 Å². The van der Waals surface area contributed by atoms with Gasteiger partial charge in [0.2, 0.25) is 16.2 Å². The molecule has 6 aromatic rings. The Labute approximate surface area is 423 Å². The molecule has 19 nitrogen and oxygen atoms in total. The first-order chi connectivity index (χ1) is 34.7. The van der Waals surface area contributed by atoms with Crippen LogP contribution in [-0.4, -0.2) is 106 Å². The second-order valence-electron chi connectivity index (χ2n) is 16.3.